The Morgan fingerprint density at radius 3 is 0.974 bits per heavy atom. The predicted molar refractivity (Wildman–Crippen MR) is 186 cm³/mol. The van der Waals surface area contributed by atoms with E-state index in [2.05, 4.69) is 63.1 Å². The van der Waals surface area contributed by atoms with E-state index >= 15 is 0 Å². The van der Waals surface area contributed by atoms with Crippen molar-refractivity contribution in [2.45, 2.75) is 180 Å². The normalized spacial score (nSPS) is 13.6. The third kappa shape index (κ3) is 22.7. The zero-order valence-corrected chi connectivity index (χ0v) is 30.9. The lowest BCUT2D eigenvalue weighted by Gasteiger charge is -2.28. The number of hydrogen-bond acceptors (Lipinski definition) is 4. The average Bonchev–Trinajstić information content (AvgIpc) is 2.92. The van der Waals surface area contributed by atoms with Crippen LogP contribution in [0.15, 0.2) is 0 Å². The van der Waals surface area contributed by atoms with Crippen LogP contribution in [0.2, 0.25) is 24.2 Å². The molecule has 0 aliphatic heterocycles. The van der Waals surface area contributed by atoms with Gasteiger partial charge in [0, 0.05) is 24.7 Å². The minimum Gasteiger partial charge on any atom is -0.381 e. The molecule has 0 aromatic carbocycles. The molecule has 0 saturated heterocycles. The SMILES string of the molecule is CCCCC[SiH](CCCCC)C(CSSCC(OCCCC)[SiH](CCCCC)CCCCC)OCCCC. The van der Waals surface area contributed by atoms with E-state index < -0.39 is 17.6 Å². The number of hydrogen-bond donors (Lipinski definition) is 0. The van der Waals surface area contributed by atoms with Crippen molar-refractivity contribution in [2.75, 3.05) is 24.7 Å². The summed E-state index contributed by atoms with van der Waals surface area (Å²) in [5.41, 5.74) is 1.13. The molecule has 0 aromatic rings. The van der Waals surface area contributed by atoms with Crippen molar-refractivity contribution in [1.82, 2.24) is 0 Å². The van der Waals surface area contributed by atoms with Crippen molar-refractivity contribution >= 4 is 39.2 Å². The summed E-state index contributed by atoms with van der Waals surface area (Å²) in [6, 6.07) is 5.97. The van der Waals surface area contributed by atoms with Crippen molar-refractivity contribution < 1.29 is 9.47 Å². The maximum Gasteiger partial charge on any atom is 0.0728 e. The van der Waals surface area contributed by atoms with Gasteiger partial charge < -0.3 is 9.47 Å². The molecule has 0 spiro atoms. The first-order valence-electron chi connectivity index (χ1n) is 17.2. The topological polar surface area (TPSA) is 18.5 Å². The molecule has 0 saturated carbocycles. The van der Waals surface area contributed by atoms with Crippen LogP contribution >= 0.6 is 21.6 Å². The van der Waals surface area contributed by atoms with E-state index in [0.29, 0.717) is 11.5 Å². The van der Waals surface area contributed by atoms with Gasteiger partial charge in [-0.3, -0.25) is 0 Å². The standard InChI is InChI=1S/C32H70O2S2Si2/c1-7-13-19-25-37(26-20-14-8-2)31(33-23-17-11-5)29-35-36-30-32(34-24-18-12-6)38(27-21-15-9-3)28-22-16-10-4/h31-32,37-38H,7-30H2,1-6H3. The van der Waals surface area contributed by atoms with E-state index in [1.54, 1.807) is 0 Å². The van der Waals surface area contributed by atoms with Gasteiger partial charge in [0.25, 0.3) is 0 Å². The molecule has 0 fully saturated rings. The van der Waals surface area contributed by atoms with Gasteiger partial charge in [-0.1, -0.05) is 177 Å². The highest BCUT2D eigenvalue weighted by atomic mass is 33.1. The van der Waals surface area contributed by atoms with Crippen molar-refractivity contribution in [3.63, 3.8) is 0 Å². The van der Waals surface area contributed by atoms with Gasteiger partial charge in [0.15, 0.2) is 0 Å². The summed E-state index contributed by atoms with van der Waals surface area (Å²) in [6.07, 6.45) is 21.6. The smallest absolute Gasteiger partial charge is 0.0728 e. The van der Waals surface area contributed by atoms with Crippen LogP contribution in [0.3, 0.4) is 0 Å². The molecule has 2 atom stereocenters. The van der Waals surface area contributed by atoms with Crippen LogP contribution in [-0.4, -0.2) is 53.8 Å². The van der Waals surface area contributed by atoms with Gasteiger partial charge in [-0.05, 0) is 12.8 Å². The molecule has 0 amide bonds. The number of unbranched alkanes of at least 4 members (excludes halogenated alkanes) is 10. The Bertz CT molecular complexity index is 399. The summed E-state index contributed by atoms with van der Waals surface area (Å²) < 4.78 is 13.4. The Morgan fingerprint density at radius 1 is 0.421 bits per heavy atom. The van der Waals surface area contributed by atoms with Crippen LogP contribution in [0.1, 0.15) is 144 Å². The first-order chi connectivity index (χ1) is 18.7. The quantitative estimate of drug-likeness (QED) is 0.0443. The zero-order valence-electron chi connectivity index (χ0n) is 26.9. The Kier molecular flexibility index (Phi) is 31.9. The fraction of sp³-hybridized carbons (Fsp3) is 1.00. The first kappa shape index (κ1) is 39.1. The molecule has 0 heterocycles. The van der Waals surface area contributed by atoms with Crippen LogP contribution in [-0.2, 0) is 9.47 Å². The Hall–Kier alpha value is 1.05. The molecule has 2 unspecified atom stereocenters. The summed E-state index contributed by atoms with van der Waals surface area (Å²) in [7, 11) is 2.51. The molecular weight excluding hydrogens is 537 g/mol. The van der Waals surface area contributed by atoms with Crippen molar-refractivity contribution in [1.29, 1.82) is 0 Å². The van der Waals surface area contributed by atoms with E-state index in [9.17, 15) is 0 Å². The minimum atomic E-state index is -0.882. The third-order valence-corrected chi connectivity index (χ3v) is 18.6. The van der Waals surface area contributed by atoms with Crippen LogP contribution in [0, 0.1) is 0 Å². The van der Waals surface area contributed by atoms with Gasteiger partial charge in [-0.15, -0.1) is 0 Å². The summed E-state index contributed by atoms with van der Waals surface area (Å²) >= 11 is 0. The predicted octanol–water partition coefficient (Wildman–Crippen LogP) is 11.0. The van der Waals surface area contributed by atoms with Crippen LogP contribution in [0.25, 0.3) is 0 Å². The van der Waals surface area contributed by atoms with E-state index in [0.717, 1.165) is 13.2 Å². The highest BCUT2D eigenvalue weighted by Gasteiger charge is 2.26. The van der Waals surface area contributed by atoms with E-state index in [4.69, 9.17) is 9.47 Å². The first-order valence-corrected chi connectivity index (χ1v) is 24.2. The van der Waals surface area contributed by atoms with Crippen molar-refractivity contribution in [2.24, 2.45) is 0 Å². The van der Waals surface area contributed by atoms with Crippen LogP contribution in [0.5, 0.6) is 0 Å². The third-order valence-electron chi connectivity index (χ3n) is 7.97. The second kappa shape index (κ2) is 31.0. The number of ether oxygens (including phenoxy) is 2. The maximum absolute atomic E-state index is 6.68. The summed E-state index contributed by atoms with van der Waals surface area (Å²) in [5, 5.41) is 0. The zero-order chi connectivity index (χ0) is 28.1. The average molecular weight is 607 g/mol. The number of rotatable bonds is 31. The summed E-state index contributed by atoms with van der Waals surface area (Å²) in [5.74, 6) is 2.42. The van der Waals surface area contributed by atoms with Gasteiger partial charge in [0.05, 0.1) is 29.0 Å². The minimum absolute atomic E-state index is 0.564. The Labute approximate surface area is 252 Å². The highest BCUT2D eigenvalue weighted by molar-refractivity contribution is 8.76. The molecule has 0 N–H and O–H groups in total. The van der Waals surface area contributed by atoms with E-state index in [1.165, 1.54) is 138 Å². The largest absolute Gasteiger partial charge is 0.381 e. The van der Waals surface area contributed by atoms with E-state index in [1.807, 2.05) is 0 Å². The molecule has 0 aliphatic rings. The lowest BCUT2D eigenvalue weighted by Crippen LogP contribution is -2.37. The molecule has 2 nitrogen and oxygen atoms in total. The molecular formula is C32H70O2S2Si2. The molecule has 0 rings (SSSR count). The highest BCUT2D eigenvalue weighted by Crippen LogP contribution is 2.30. The van der Waals surface area contributed by atoms with Gasteiger partial charge in [0.1, 0.15) is 0 Å². The second-order valence-electron chi connectivity index (χ2n) is 11.6. The molecule has 38 heavy (non-hydrogen) atoms. The van der Waals surface area contributed by atoms with E-state index in [-0.39, 0.29) is 0 Å². The lowest BCUT2D eigenvalue weighted by molar-refractivity contribution is 0.112. The molecule has 230 valence electrons. The molecule has 6 heteroatoms. The Morgan fingerprint density at radius 2 is 0.711 bits per heavy atom. The monoisotopic (exact) mass is 606 g/mol. The van der Waals surface area contributed by atoms with Crippen LogP contribution < -0.4 is 0 Å². The fourth-order valence-electron chi connectivity index (χ4n) is 5.29. The second-order valence-corrected chi connectivity index (χ2v) is 21.0. The van der Waals surface area contributed by atoms with Crippen molar-refractivity contribution in [3.05, 3.63) is 0 Å². The van der Waals surface area contributed by atoms with Gasteiger partial charge in [-0.25, -0.2) is 0 Å². The van der Waals surface area contributed by atoms with Crippen molar-refractivity contribution in [3.8, 4) is 0 Å². The maximum atomic E-state index is 6.68. The van der Waals surface area contributed by atoms with Gasteiger partial charge >= 0.3 is 0 Å². The van der Waals surface area contributed by atoms with Gasteiger partial charge in [0.2, 0.25) is 0 Å². The molecule has 0 bridgehead atoms. The molecule has 0 aliphatic carbocycles. The lowest BCUT2D eigenvalue weighted by atomic mass is 10.3. The summed E-state index contributed by atoms with van der Waals surface area (Å²) in [6.45, 7) is 15.9. The van der Waals surface area contributed by atoms with Crippen LogP contribution in [0.4, 0.5) is 0 Å². The summed E-state index contributed by atoms with van der Waals surface area (Å²) in [4.78, 5) is 0. The fourth-order valence-corrected chi connectivity index (χ4v) is 17.0. The molecule has 0 aromatic heterocycles. The van der Waals surface area contributed by atoms with Gasteiger partial charge in [-0.2, -0.15) is 0 Å². The Balaban J connectivity index is 5.14. The molecule has 0 radical (unpaired) electrons.